The molecule has 0 aliphatic rings. The van der Waals surface area contributed by atoms with Gasteiger partial charge in [0, 0.05) is 10.9 Å². The number of benzene rings is 2. The van der Waals surface area contributed by atoms with Crippen molar-refractivity contribution < 1.29 is 13.9 Å². The first-order chi connectivity index (χ1) is 13.4. The predicted molar refractivity (Wildman–Crippen MR) is 107 cm³/mol. The fourth-order valence-corrected chi connectivity index (χ4v) is 3.27. The van der Waals surface area contributed by atoms with Crippen molar-refractivity contribution in [3.05, 3.63) is 78.7 Å². The quantitative estimate of drug-likeness (QED) is 0.587. The lowest BCUT2D eigenvalue weighted by molar-refractivity contribution is -0.143. The Labute approximate surface area is 168 Å². The summed E-state index contributed by atoms with van der Waals surface area (Å²) in [6.45, 7) is 2.02. The van der Waals surface area contributed by atoms with Gasteiger partial charge in [0.15, 0.2) is 0 Å². The molecule has 0 fully saturated rings. The number of ether oxygens (including phenoxy) is 1. The number of H-pyrrole nitrogens is 1. The van der Waals surface area contributed by atoms with Gasteiger partial charge in [0.25, 0.3) is 5.56 Å². The minimum absolute atomic E-state index is 0.0116. The number of halogens is 2. The number of nitrogens with zero attached hydrogens (tertiary/aromatic N) is 1. The summed E-state index contributed by atoms with van der Waals surface area (Å²) in [4.78, 5) is 39.6. The van der Waals surface area contributed by atoms with Crippen LogP contribution in [0.1, 0.15) is 24.5 Å². The van der Waals surface area contributed by atoms with Crippen LogP contribution in [0.25, 0.3) is 10.9 Å². The zero-order chi connectivity index (χ0) is 20.3. The van der Waals surface area contributed by atoms with Crippen molar-refractivity contribution in [1.29, 1.82) is 0 Å². The monoisotopic (exact) mass is 448 g/mol. The molecule has 1 N–H and O–H groups in total. The van der Waals surface area contributed by atoms with Crippen LogP contribution in [0, 0.1) is 5.82 Å². The predicted octanol–water partition coefficient (Wildman–Crippen LogP) is 3.14. The van der Waals surface area contributed by atoms with Crippen molar-refractivity contribution in [3.63, 3.8) is 0 Å². The summed E-state index contributed by atoms with van der Waals surface area (Å²) in [6, 6.07) is 9.55. The molecule has 6 nitrogen and oxygen atoms in total. The molecule has 0 saturated heterocycles. The average molecular weight is 449 g/mol. The Hall–Kier alpha value is -2.74. The number of aromatic amines is 1. The van der Waals surface area contributed by atoms with Crippen LogP contribution in [0.3, 0.4) is 0 Å². The van der Waals surface area contributed by atoms with E-state index < -0.39 is 23.0 Å². The molecule has 1 aromatic heterocycles. The number of esters is 1. The molecule has 8 heteroatoms. The van der Waals surface area contributed by atoms with Gasteiger partial charge in [-0.25, -0.2) is 9.18 Å². The van der Waals surface area contributed by atoms with Crippen LogP contribution in [0.2, 0.25) is 0 Å². The smallest absolute Gasteiger partial charge is 0.329 e. The van der Waals surface area contributed by atoms with Crippen LogP contribution >= 0.6 is 15.9 Å². The molecular weight excluding hydrogens is 431 g/mol. The standard InChI is InChI=1S/C20H18BrFN2O4/c1-2-28-17(25)8-5-13-9-15(22)10-16-18(13)19(26)24(20(27)23-16)11-12-3-6-14(21)7-4-12/h3-4,6-7,9-10H,2,5,8,11H2,1H3,(H,23,27). The topological polar surface area (TPSA) is 81.2 Å². The van der Waals surface area contributed by atoms with E-state index in [-0.39, 0.29) is 36.9 Å². The Bertz CT molecular complexity index is 1140. The van der Waals surface area contributed by atoms with Crippen molar-refractivity contribution in [2.75, 3.05) is 6.61 Å². The Morgan fingerprint density at radius 3 is 2.61 bits per heavy atom. The van der Waals surface area contributed by atoms with Gasteiger partial charge in [-0.3, -0.25) is 14.2 Å². The van der Waals surface area contributed by atoms with E-state index in [1.54, 1.807) is 19.1 Å². The highest BCUT2D eigenvalue weighted by Gasteiger charge is 2.15. The molecule has 0 unspecified atom stereocenters. The van der Waals surface area contributed by atoms with E-state index in [4.69, 9.17) is 4.74 Å². The first kappa shape index (κ1) is 20.0. The zero-order valence-corrected chi connectivity index (χ0v) is 16.7. The molecule has 0 spiro atoms. The van der Waals surface area contributed by atoms with Crippen LogP contribution in [-0.4, -0.2) is 22.1 Å². The summed E-state index contributed by atoms with van der Waals surface area (Å²) >= 11 is 3.34. The lowest BCUT2D eigenvalue weighted by Gasteiger charge is -2.10. The maximum atomic E-state index is 14.0. The lowest BCUT2D eigenvalue weighted by Crippen LogP contribution is -2.36. The number of fused-ring (bicyclic) bond motifs is 1. The third kappa shape index (κ3) is 4.39. The molecule has 0 aliphatic carbocycles. The number of nitrogens with one attached hydrogen (secondary N) is 1. The molecule has 0 saturated carbocycles. The normalized spacial score (nSPS) is 11.0. The summed E-state index contributed by atoms with van der Waals surface area (Å²) < 4.78 is 20.8. The number of hydrogen-bond donors (Lipinski definition) is 1. The molecule has 0 aliphatic heterocycles. The maximum Gasteiger partial charge on any atom is 0.329 e. The van der Waals surface area contributed by atoms with E-state index in [2.05, 4.69) is 20.9 Å². The average Bonchev–Trinajstić information content (AvgIpc) is 2.64. The summed E-state index contributed by atoms with van der Waals surface area (Å²) in [5.74, 6) is -1.02. The van der Waals surface area contributed by atoms with Gasteiger partial charge in [-0.05, 0) is 48.7 Å². The molecular formula is C20H18BrFN2O4. The van der Waals surface area contributed by atoms with E-state index in [0.717, 1.165) is 20.7 Å². The molecule has 3 rings (SSSR count). The highest BCUT2D eigenvalue weighted by molar-refractivity contribution is 9.10. The molecule has 0 bridgehead atoms. The van der Waals surface area contributed by atoms with Gasteiger partial charge in [0.05, 0.1) is 24.1 Å². The minimum atomic E-state index is -0.623. The van der Waals surface area contributed by atoms with Crippen molar-refractivity contribution in [2.24, 2.45) is 0 Å². The second kappa shape index (κ2) is 8.52. The van der Waals surface area contributed by atoms with Gasteiger partial charge < -0.3 is 9.72 Å². The van der Waals surface area contributed by atoms with Crippen LogP contribution in [0.4, 0.5) is 4.39 Å². The van der Waals surface area contributed by atoms with Crippen LogP contribution < -0.4 is 11.2 Å². The second-order valence-corrected chi connectivity index (χ2v) is 7.16. The van der Waals surface area contributed by atoms with Crippen molar-refractivity contribution in [2.45, 2.75) is 26.3 Å². The van der Waals surface area contributed by atoms with E-state index in [1.807, 2.05) is 12.1 Å². The number of carbonyl (C=O) groups is 1. The van der Waals surface area contributed by atoms with E-state index in [1.165, 1.54) is 6.07 Å². The van der Waals surface area contributed by atoms with Crippen molar-refractivity contribution >= 4 is 32.8 Å². The van der Waals surface area contributed by atoms with E-state index in [0.29, 0.717) is 5.56 Å². The van der Waals surface area contributed by atoms with Crippen molar-refractivity contribution in [3.8, 4) is 0 Å². The Morgan fingerprint density at radius 2 is 1.93 bits per heavy atom. The summed E-state index contributed by atoms with van der Waals surface area (Å²) in [6.07, 6.45) is 0.143. The molecule has 1 heterocycles. The van der Waals surface area contributed by atoms with Gasteiger partial charge in [-0.15, -0.1) is 0 Å². The molecule has 2 aromatic carbocycles. The minimum Gasteiger partial charge on any atom is -0.466 e. The fraction of sp³-hybridized carbons (Fsp3) is 0.250. The third-order valence-electron chi connectivity index (χ3n) is 4.29. The fourth-order valence-electron chi connectivity index (χ4n) is 3.01. The van der Waals surface area contributed by atoms with Crippen molar-refractivity contribution in [1.82, 2.24) is 9.55 Å². The lowest BCUT2D eigenvalue weighted by atomic mass is 10.0. The molecule has 0 radical (unpaired) electrons. The number of aryl methyl sites for hydroxylation is 1. The number of carbonyl (C=O) groups excluding carboxylic acids is 1. The van der Waals surface area contributed by atoms with E-state index >= 15 is 0 Å². The molecule has 28 heavy (non-hydrogen) atoms. The molecule has 0 atom stereocenters. The Kier molecular flexibility index (Phi) is 6.08. The summed E-state index contributed by atoms with van der Waals surface area (Å²) in [5.41, 5.74) is 0.0861. The van der Waals surface area contributed by atoms with Gasteiger partial charge in [-0.2, -0.15) is 0 Å². The van der Waals surface area contributed by atoms with Gasteiger partial charge in [0.2, 0.25) is 0 Å². The summed E-state index contributed by atoms with van der Waals surface area (Å²) in [7, 11) is 0. The van der Waals surface area contributed by atoms with Crippen LogP contribution in [-0.2, 0) is 22.5 Å². The number of rotatable bonds is 6. The molecule has 0 amide bonds. The first-order valence-corrected chi connectivity index (χ1v) is 9.53. The first-order valence-electron chi connectivity index (χ1n) is 8.74. The van der Waals surface area contributed by atoms with Gasteiger partial charge in [-0.1, -0.05) is 28.1 Å². The number of hydrogen-bond acceptors (Lipinski definition) is 4. The van der Waals surface area contributed by atoms with E-state index in [9.17, 15) is 18.8 Å². The Balaban J connectivity index is 2.06. The highest BCUT2D eigenvalue weighted by Crippen LogP contribution is 2.17. The van der Waals surface area contributed by atoms with Crippen LogP contribution in [0.15, 0.2) is 50.5 Å². The Morgan fingerprint density at radius 1 is 1.21 bits per heavy atom. The number of aromatic nitrogens is 2. The van der Waals surface area contributed by atoms with Crippen LogP contribution in [0.5, 0.6) is 0 Å². The zero-order valence-electron chi connectivity index (χ0n) is 15.1. The van der Waals surface area contributed by atoms with Gasteiger partial charge >= 0.3 is 11.7 Å². The SMILES string of the molecule is CCOC(=O)CCc1cc(F)cc2[nH]c(=O)n(Cc3ccc(Br)cc3)c(=O)c12. The molecule has 146 valence electrons. The summed E-state index contributed by atoms with van der Waals surface area (Å²) in [5, 5.41) is 0.197. The third-order valence-corrected chi connectivity index (χ3v) is 4.82. The molecule has 3 aromatic rings. The van der Waals surface area contributed by atoms with Gasteiger partial charge in [0.1, 0.15) is 5.82 Å². The highest BCUT2D eigenvalue weighted by atomic mass is 79.9. The maximum absolute atomic E-state index is 14.0. The largest absolute Gasteiger partial charge is 0.466 e. The second-order valence-electron chi connectivity index (χ2n) is 6.24.